The number of anilines is 1. The van der Waals surface area contributed by atoms with Gasteiger partial charge in [-0.05, 0) is 53.0 Å². The minimum Gasteiger partial charge on any atom is -0.362 e. The second kappa shape index (κ2) is 8.63. The molecule has 0 radical (unpaired) electrons. The van der Waals surface area contributed by atoms with Gasteiger partial charge in [-0.25, -0.2) is 0 Å². The lowest BCUT2D eigenvalue weighted by Crippen LogP contribution is -2.35. The summed E-state index contributed by atoms with van der Waals surface area (Å²) in [6, 6.07) is 5.52. The van der Waals surface area contributed by atoms with Crippen LogP contribution in [0, 0.1) is 0 Å². The molecule has 0 saturated heterocycles. The number of hydrogen-bond acceptors (Lipinski definition) is 2. The zero-order valence-electron chi connectivity index (χ0n) is 12.4. The van der Waals surface area contributed by atoms with Gasteiger partial charge in [0.2, 0.25) is 0 Å². The van der Waals surface area contributed by atoms with Gasteiger partial charge in [0.05, 0.1) is 5.69 Å². The summed E-state index contributed by atoms with van der Waals surface area (Å²) in [7, 11) is 0. The molecule has 0 aliphatic carbocycles. The fourth-order valence-electron chi connectivity index (χ4n) is 2.10. The van der Waals surface area contributed by atoms with E-state index in [0.717, 1.165) is 25.1 Å². The van der Waals surface area contributed by atoms with Crippen LogP contribution >= 0.6 is 15.9 Å². The van der Waals surface area contributed by atoms with E-state index in [0.29, 0.717) is 23.1 Å². The molecule has 0 aliphatic rings. The van der Waals surface area contributed by atoms with Gasteiger partial charge in [0.1, 0.15) is 6.54 Å². The van der Waals surface area contributed by atoms with Gasteiger partial charge in [-0.15, -0.1) is 0 Å². The molecule has 2 nitrogen and oxygen atoms in total. The Morgan fingerprint density at radius 1 is 1.19 bits per heavy atom. The van der Waals surface area contributed by atoms with Crippen molar-refractivity contribution in [1.29, 1.82) is 0 Å². The third-order valence-corrected chi connectivity index (χ3v) is 3.61. The minimum absolute atomic E-state index is 0.380. The molecule has 120 valence electrons. The maximum atomic E-state index is 12.7. The molecular formula is C15H22BrF3N2. The maximum absolute atomic E-state index is 12.7. The average molecular weight is 367 g/mol. The number of nitrogens with one attached hydrogen (secondary N) is 1. The van der Waals surface area contributed by atoms with E-state index in [1.165, 1.54) is 4.90 Å². The number of rotatable bonds is 8. The van der Waals surface area contributed by atoms with Gasteiger partial charge in [-0.1, -0.05) is 19.9 Å². The van der Waals surface area contributed by atoms with Crippen LogP contribution in [-0.2, 0) is 6.54 Å². The molecule has 0 amide bonds. The molecule has 0 spiro atoms. The SMILES string of the molecule is CCCNCc1ccc(N(CCC)CC(F)(F)F)c(Br)c1. The van der Waals surface area contributed by atoms with E-state index < -0.39 is 12.7 Å². The number of halogens is 4. The number of nitrogens with zero attached hydrogens (tertiary/aromatic N) is 1. The fourth-order valence-corrected chi connectivity index (χ4v) is 2.77. The van der Waals surface area contributed by atoms with Crippen LogP contribution in [-0.4, -0.2) is 25.8 Å². The van der Waals surface area contributed by atoms with E-state index in [1.807, 2.05) is 19.1 Å². The number of hydrogen-bond donors (Lipinski definition) is 1. The topological polar surface area (TPSA) is 15.3 Å². The first-order valence-corrected chi connectivity index (χ1v) is 7.97. The third kappa shape index (κ3) is 6.70. The van der Waals surface area contributed by atoms with Crippen molar-refractivity contribution < 1.29 is 13.2 Å². The Kier molecular flexibility index (Phi) is 7.52. The van der Waals surface area contributed by atoms with Gasteiger partial charge in [0, 0.05) is 17.6 Å². The van der Waals surface area contributed by atoms with Crippen molar-refractivity contribution in [3.05, 3.63) is 28.2 Å². The largest absolute Gasteiger partial charge is 0.405 e. The monoisotopic (exact) mass is 366 g/mol. The zero-order chi connectivity index (χ0) is 15.9. The molecule has 1 aromatic carbocycles. The first-order valence-electron chi connectivity index (χ1n) is 7.18. The molecule has 0 aromatic heterocycles. The maximum Gasteiger partial charge on any atom is 0.405 e. The lowest BCUT2D eigenvalue weighted by molar-refractivity contribution is -0.119. The van der Waals surface area contributed by atoms with Crippen LogP contribution < -0.4 is 10.2 Å². The highest BCUT2D eigenvalue weighted by Crippen LogP contribution is 2.30. The molecule has 0 saturated carbocycles. The van der Waals surface area contributed by atoms with Crippen LogP contribution in [0.5, 0.6) is 0 Å². The van der Waals surface area contributed by atoms with Crippen molar-refractivity contribution in [2.75, 3.05) is 24.5 Å². The fraction of sp³-hybridized carbons (Fsp3) is 0.600. The molecule has 1 aromatic rings. The summed E-state index contributed by atoms with van der Waals surface area (Å²) in [5.41, 5.74) is 1.65. The van der Waals surface area contributed by atoms with Gasteiger partial charge in [0.25, 0.3) is 0 Å². The van der Waals surface area contributed by atoms with Crippen molar-refractivity contribution in [1.82, 2.24) is 5.32 Å². The highest BCUT2D eigenvalue weighted by atomic mass is 79.9. The smallest absolute Gasteiger partial charge is 0.362 e. The van der Waals surface area contributed by atoms with E-state index in [2.05, 4.69) is 28.2 Å². The Balaban J connectivity index is 2.84. The summed E-state index contributed by atoms with van der Waals surface area (Å²) < 4.78 is 38.7. The van der Waals surface area contributed by atoms with Crippen LogP contribution in [0.4, 0.5) is 18.9 Å². The molecule has 0 fully saturated rings. The first kappa shape index (κ1) is 18.3. The highest BCUT2D eigenvalue weighted by molar-refractivity contribution is 9.10. The standard InChI is InChI=1S/C15H22BrF3N2/c1-3-7-20-10-12-5-6-14(13(16)9-12)21(8-4-2)11-15(17,18)19/h5-6,9,20H,3-4,7-8,10-11H2,1-2H3. The molecule has 0 heterocycles. The van der Waals surface area contributed by atoms with Crippen LogP contribution in [0.25, 0.3) is 0 Å². The molecule has 21 heavy (non-hydrogen) atoms. The van der Waals surface area contributed by atoms with Gasteiger partial charge >= 0.3 is 6.18 Å². The van der Waals surface area contributed by atoms with Crippen LogP contribution in [0.3, 0.4) is 0 Å². The molecule has 0 atom stereocenters. The van der Waals surface area contributed by atoms with Gasteiger partial charge in [0.15, 0.2) is 0 Å². The molecule has 6 heteroatoms. The van der Waals surface area contributed by atoms with Crippen molar-refractivity contribution >= 4 is 21.6 Å². The first-order chi connectivity index (χ1) is 9.87. The summed E-state index contributed by atoms with van der Waals surface area (Å²) >= 11 is 3.40. The lowest BCUT2D eigenvalue weighted by Gasteiger charge is -2.27. The molecule has 1 rings (SSSR count). The van der Waals surface area contributed by atoms with E-state index in [4.69, 9.17) is 0 Å². The van der Waals surface area contributed by atoms with Gasteiger partial charge < -0.3 is 10.2 Å². The van der Waals surface area contributed by atoms with E-state index in [1.54, 1.807) is 6.07 Å². The van der Waals surface area contributed by atoms with Crippen molar-refractivity contribution in [2.45, 2.75) is 39.4 Å². The Bertz CT molecular complexity index is 435. The molecule has 1 N–H and O–H groups in total. The van der Waals surface area contributed by atoms with Crippen LogP contribution in [0.1, 0.15) is 32.3 Å². The average Bonchev–Trinajstić information content (AvgIpc) is 2.37. The Hall–Kier alpha value is -0.750. The van der Waals surface area contributed by atoms with E-state index in [9.17, 15) is 13.2 Å². The predicted octanol–water partition coefficient (Wildman–Crippen LogP) is 4.73. The second-order valence-electron chi connectivity index (χ2n) is 5.00. The molecule has 0 unspecified atom stereocenters. The minimum atomic E-state index is -4.20. The van der Waals surface area contributed by atoms with Crippen molar-refractivity contribution in [3.63, 3.8) is 0 Å². The molecular weight excluding hydrogens is 345 g/mol. The molecule has 0 bridgehead atoms. The highest BCUT2D eigenvalue weighted by Gasteiger charge is 2.31. The third-order valence-electron chi connectivity index (χ3n) is 2.97. The van der Waals surface area contributed by atoms with Crippen molar-refractivity contribution in [3.8, 4) is 0 Å². The normalized spacial score (nSPS) is 11.7. The second-order valence-corrected chi connectivity index (χ2v) is 5.85. The summed E-state index contributed by atoms with van der Waals surface area (Å²) in [6.07, 6.45) is -2.48. The Morgan fingerprint density at radius 2 is 1.90 bits per heavy atom. The van der Waals surface area contributed by atoms with Crippen molar-refractivity contribution in [2.24, 2.45) is 0 Å². The van der Waals surface area contributed by atoms with Gasteiger partial charge in [-0.2, -0.15) is 13.2 Å². The molecule has 0 aliphatic heterocycles. The lowest BCUT2D eigenvalue weighted by atomic mass is 10.2. The number of benzene rings is 1. The predicted molar refractivity (Wildman–Crippen MR) is 84.7 cm³/mol. The quantitative estimate of drug-likeness (QED) is 0.669. The summed E-state index contributed by atoms with van der Waals surface area (Å²) in [6.45, 7) is 5.07. The van der Waals surface area contributed by atoms with Crippen LogP contribution in [0.2, 0.25) is 0 Å². The Morgan fingerprint density at radius 3 is 2.43 bits per heavy atom. The van der Waals surface area contributed by atoms with Crippen LogP contribution in [0.15, 0.2) is 22.7 Å². The summed E-state index contributed by atoms with van der Waals surface area (Å²) in [5.74, 6) is 0. The summed E-state index contributed by atoms with van der Waals surface area (Å²) in [4.78, 5) is 1.37. The van der Waals surface area contributed by atoms with E-state index in [-0.39, 0.29) is 0 Å². The zero-order valence-corrected chi connectivity index (χ0v) is 14.0. The summed E-state index contributed by atoms with van der Waals surface area (Å²) in [5, 5.41) is 3.28. The van der Waals surface area contributed by atoms with E-state index >= 15 is 0 Å². The Labute approximate surface area is 132 Å². The number of alkyl halides is 3. The van der Waals surface area contributed by atoms with Gasteiger partial charge in [-0.3, -0.25) is 0 Å².